The topological polar surface area (TPSA) is 65.2 Å². The van der Waals surface area contributed by atoms with Crippen molar-refractivity contribution in [3.63, 3.8) is 0 Å². The van der Waals surface area contributed by atoms with Gasteiger partial charge in [-0.2, -0.15) is 0 Å². The Labute approximate surface area is 82.1 Å². The Morgan fingerprint density at radius 2 is 2.36 bits per heavy atom. The molecule has 0 bridgehead atoms. The summed E-state index contributed by atoms with van der Waals surface area (Å²) in [5.41, 5.74) is 6.26. The fourth-order valence-corrected chi connectivity index (χ4v) is 1.55. The maximum Gasteiger partial charge on any atom is 0.146 e. The van der Waals surface area contributed by atoms with Crippen LogP contribution in [0.2, 0.25) is 0 Å². The van der Waals surface area contributed by atoms with Crippen molar-refractivity contribution in [1.82, 2.24) is 4.98 Å². The number of ketones is 1. The van der Waals surface area contributed by atoms with E-state index in [1.54, 1.807) is 12.1 Å². The van der Waals surface area contributed by atoms with E-state index in [4.69, 9.17) is 10.5 Å². The van der Waals surface area contributed by atoms with Gasteiger partial charge in [0.1, 0.15) is 11.6 Å². The maximum atomic E-state index is 11.5. The molecular formula is C10H12N2O2. The average Bonchev–Trinajstić information content (AvgIpc) is 2.18. The van der Waals surface area contributed by atoms with E-state index in [-0.39, 0.29) is 11.7 Å². The Hall–Kier alpha value is -1.42. The number of nitrogen functional groups attached to an aromatic ring is 1. The Bertz CT molecular complexity index is 352. The minimum Gasteiger partial charge on any atom is -0.384 e. The SMILES string of the molecule is Nc1cccc(C2COCCC2=O)n1. The zero-order valence-electron chi connectivity index (χ0n) is 7.77. The van der Waals surface area contributed by atoms with Crippen molar-refractivity contribution in [2.45, 2.75) is 12.3 Å². The predicted octanol–water partition coefficient (Wildman–Crippen LogP) is 0.737. The van der Waals surface area contributed by atoms with E-state index < -0.39 is 0 Å². The minimum atomic E-state index is -0.229. The van der Waals surface area contributed by atoms with E-state index in [0.29, 0.717) is 25.5 Å². The summed E-state index contributed by atoms with van der Waals surface area (Å²) >= 11 is 0. The molecule has 74 valence electrons. The number of carbonyl (C=O) groups excluding carboxylic acids is 1. The van der Waals surface area contributed by atoms with Crippen LogP contribution in [0.25, 0.3) is 0 Å². The summed E-state index contributed by atoms with van der Waals surface area (Å²) in [6.45, 7) is 0.951. The van der Waals surface area contributed by atoms with Crippen LogP contribution >= 0.6 is 0 Å². The zero-order valence-corrected chi connectivity index (χ0v) is 7.77. The summed E-state index contributed by atoms with van der Waals surface area (Å²) in [4.78, 5) is 15.7. The lowest BCUT2D eigenvalue weighted by atomic mass is 9.96. The third-order valence-corrected chi connectivity index (χ3v) is 2.32. The standard InChI is InChI=1S/C10H12N2O2/c11-10-3-1-2-8(12-10)7-6-14-5-4-9(7)13/h1-3,7H,4-6H2,(H2,11,12). The van der Waals surface area contributed by atoms with Crippen LogP contribution in [-0.4, -0.2) is 24.0 Å². The number of aromatic nitrogens is 1. The van der Waals surface area contributed by atoms with Gasteiger partial charge in [0, 0.05) is 6.42 Å². The van der Waals surface area contributed by atoms with Crippen LogP contribution in [0.4, 0.5) is 5.82 Å². The molecule has 0 amide bonds. The molecule has 14 heavy (non-hydrogen) atoms. The molecule has 1 atom stereocenters. The highest BCUT2D eigenvalue weighted by atomic mass is 16.5. The Balaban J connectivity index is 2.24. The predicted molar refractivity (Wildman–Crippen MR) is 51.8 cm³/mol. The lowest BCUT2D eigenvalue weighted by Gasteiger charge is -2.20. The lowest BCUT2D eigenvalue weighted by Crippen LogP contribution is -2.26. The summed E-state index contributed by atoms with van der Waals surface area (Å²) in [7, 11) is 0. The largest absolute Gasteiger partial charge is 0.384 e. The molecule has 1 saturated heterocycles. The van der Waals surface area contributed by atoms with Gasteiger partial charge in [0.15, 0.2) is 0 Å². The molecule has 0 saturated carbocycles. The second-order valence-electron chi connectivity index (χ2n) is 3.33. The number of rotatable bonds is 1. The normalized spacial score (nSPS) is 22.3. The van der Waals surface area contributed by atoms with E-state index in [1.807, 2.05) is 6.07 Å². The summed E-state index contributed by atoms with van der Waals surface area (Å²) in [5.74, 6) is 0.405. The molecule has 0 aromatic carbocycles. The van der Waals surface area contributed by atoms with Crippen LogP contribution in [0.5, 0.6) is 0 Å². The molecule has 1 aromatic heterocycles. The first-order valence-electron chi connectivity index (χ1n) is 4.60. The number of pyridine rings is 1. The molecule has 0 radical (unpaired) electrons. The fraction of sp³-hybridized carbons (Fsp3) is 0.400. The summed E-state index contributed by atoms with van der Waals surface area (Å²) < 4.78 is 5.25. The molecule has 2 heterocycles. The van der Waals surface area contributed by atoms with Crippen LogP contribution in [0, 0.1) is 0 Å². The van der Waals surface area contributed by atoms with Crippen molar-refractivity contribution in [2.75, 3.05) is 18.9 Å². The van der Waals surface area contributed by atoms with E-state index >= 15 is 0 Å². The van der Waals surface area contributed by atoms with Crippen LogP contribution in [0.3, 0.4) is 0 Å². The van der Waals surface area contributed by atoms with Gasteiger partial charge >= 0.3 is 0 Å². The minimum absolute atomic E-state index is 0.189. The van der Waals surface area contributed by atoms with Gasteiger partial charge in [-0.3, -0.25) is 4.79 Å². The second kappa shape index (κ2) is 3.75. The lowest BCUT2D eigenvalue weighted by molar-refractivity contribution is -0.126. The van der Waals surface area contributed by atoms with E-state index in [1.165, 1.54) is 0 Å². The van der Waals surface area contributed by atoms with Gasteiger partial charge in [0.2, 0.25) is 0 Å². The van der Waals surface area contributed by atoms with Gasteiger partial charge in [-0.15, -0.1) is 0 Å². The number of anilines is 1. The number of carbonyl (C=O) groups is 1. The van der Waals surface area contributed by atoms with Crippen molar-refractivity contribution < 1.29 is 9.53 Å². The number of hydrogen-bond acceptors (Lipinski definition) is 4. The van der Waals surface area contributed by atoms with Gasteiger partial charge in [0.25, 0.3) is 0 Å². The highest BCUT2D eigenvalue weighted by Gasteiger charge is 2.25. The number of ether oxygens (including phenoxy) is 1. The molecule has 1 aliphatic rings. The summed E-state index contributed by atoms with van der Waals surface area (Å²) in [6, 6.07) is 5.32. The van der Waals surface area contributed by atoms with Crippen molar-refractivity contribution in [1.29, 1.82) is 0 Å². The van der Waals surface area contributed by atoms with Crippen molar-refractivity contribution in [3.8, 4) is 0 Å². The van der Waals surface area contributed by atoms with Crippen LogP contribution in [0.1, 0.15) is 18.0 Å². The van der Waals surface area contributed by atoms with E-state index in [2.05, 4.69) is 4.98 Å². The number of nitrogens with zero attached hydrogens (tertiary/aromatic N) is 1. The number of Topliss-reactive ketones (excluding diaryl/α,β-unsaturated/α-hetero) is 1. The molecule has 1 aliphatic heterocycles. The van der Waals surface area contributed by atoms with Crippen LogP contribution in [0.15, 0.2) is 18.2 Å². The average molecular weight is 192 g/mol. The van der Waals surface area contributed by atoms with Gasteiger partial charge in [0.05, 0.1) is 24.8 Å². The van der Waals surface area contributed by atoms with Crippen LogP contribution in [-0.2, 0) is 9.53 Å². The first kappa shape index (κ1) is 9.15. The molecule has 4 heteroatoms. The van der Waals surface area contributed by atoms with Crippen molar-refractivity contribution >= 4 is 11.6 Å². The molecule has 2 rings (SSSR count). The molecule has 0 aliphatic carbocycles. The van der Waals surface area contributed by atoms with Gasteiger partial charge in [-0.25, -0.2) is 4.98 Å². The van der Waals surface area contributed by atoms with Crippen molar-refractivity contribution in [2.24, 2.45) is 0 Å². The molecule has 1 fully saturated rings. The Kier molecular flexibility index (Phi) is 2.45. The summed E-state index contributed by atoms with van der Waals surface area (Å²) in [6.07, 6.45) is 0.473. The third kappa shape index (κ3) is 1.75. The van der Waals surface area contributed by atoms with Gasteiger partial charge in [-0.05, 0) is 12.1 Å². The third-order valence-electron chi connectivity index (χ3n) is 2.32. The molecule has 0 spiro atoms. The quantitative estimate of drug-likeness (QED) is 0.712. The maximum absolute atomic E-state index is 11.5. The monoisotopic (exact) mass is 192 g/mol. The van der Waals surface area contributed by atoms with Gasteiger partial charge < -0.3 is 10.5 Å². The smallest absolute Gasteiger partial charge is 0.146 e. The van der Waals surface area contributed by atoms with Gasteiger partial charge in [-0.1, -0.05) is 6.07 Å². The Morgan fingerprint density at radius 3 is 3.07 bits per heavy atom. The van der Waals surface area contributed by atoms with E-state index in [9.17, 15) is 4.79 Å². The second-order valence-corrected chi connectivity index (χ2v) is 3.33. The van der Waals surface area contributed by atoms with Crippen LogP contribution < -0.4 is 5.73 Å². The van der Waals surface area contributed by atoms with Crippen molar-refractivity contribution in [3.05, 3.63) is 23.9 Å². The fourth-order valence-electron chi connectivity index (χ4n) is 1.55. The molecule has 2 N–H and O–H groups in total. The molecular weight excluding hydrogens is 180 g/mol. The highest BCUT2D eigenvalue weighted by molar-refractivity contribution is 5.86. The summed E-state index contributed by atoms with van der Waals surface area (Å²) in [5, 5.41) is 0. The highest BCUT2D eigenvalue weighted by Crippen LogP contribution is 2.21. The molecule has 1 unspecified atom stereocenters. The first-order chi connectivity index (χ1) is 6.77. The number of hydrogen-bond donors (Lipinski definition) is 1. The Morgan fingerprint density at radius 1 is 1.50 bits per heavy atom. The zero-order chi connectivity index (χ0) is 9.97. The molecule has 1 aromatic rings. The van der Waals surface area contributed by atoms with E-state index in [0.717, 1.165) is 5.69 Å². The molecule has 4 nitrogen and oxygen atoms in total. The number of nitrogens with two attached hydrogens (primary N) is 1. The first-order valence-corrected chi connectivity index (χ1v) is 4.60.